The lowest BCUT2D eigenvalue weighted by Gasteiger charge is -2.18. The van der Waals surface area contributed by atoms with Gasteiger partial charge in [-0.25, -0.2) is 9.13 Å². The second kappa shape index (κ2) is 5.61. The molecule has 1 aliphatic rings. The van der Waals surface area contributed by atoms with Crippen LogP contribution in [0.15, 0.2) is 0 Å². The largest absolute Gasteiger partial charge is 0.483 e. The summed E-state index contributed by atoms with van der Waals surface area (Å²) >= 11 is 0. The van der Waals surface area contributed by atoms with Gasteiger partial charge in [-0.3, -0.25) is 4.52 Å². The van der Waals surface area contributed by atoms with E-state index < -0.39 is 46.9 Å². The highest BCUT2D eigenvalue weighted by molar-refractivity contribution is 7.60. The van der Waals surface area contributed by atoms with Crippen molar-refractivity contribution in [2.24, 2.45) is 0 Å². The predicted molar refractivity (Wildman–Crippen MR) is 51.8 cm³/mol. The monoisotopic (exact) mass is 310 g/mol. The first-order valence-electron chi connectivity index (χ1n) is 4.46. The summed E-state index contributed by atoms with van der Waals surface area (Å²) in [6.07, 6.45) is -6.52. The number of phosphoric acid groups is 2. The van der Waals surface area contributed by atoms with Crippen LogP contribution in [0.2, 0.25) is 0 Å². The van der Waals surface area contributed by atoms with Crippen molar-refractivity contribution in [3.63, 3.8) is 0 Å². The molecule has 0 radical (unpaired) electrons. The molecule has 1 rings (SSSR count). The molecule has 0 aromatic heterocycles. The molecule has 2 unspecified atom stereocenters. The van der Waals surface area contributed by atoms with E-state index in [9.17, 15) is 19.3 Å². The molecule has 1 aliphatic heterocycles. The maximum absolute atomic E-state index is 11.1. The van der Waals surface area contributed by atoms with Gasteiger partial charge in [0.1, 0.15) is 18.3 Å². The average Bonchev–Trinajstić information content (AvgIpc) is 2.41. The van der Waals surface area contributed by atoms with Crippen molar-refractivity contribution < 1.29 is 52.7 Å². The fraction of sp³-hybridized carbons (Fsp3) is 1.00. The third kappa shape index (κ3) is 4.34. The second-order valence-corrected chi connectivity index (χ2v) is 6.14. The van der Waals surface area contributed by atoms with E-state index in [4.69, 9.17) is 19.8 Å². The van der Waals surface area contributed by atoms with E-state index in [0.29, 0.717) is 0 Å². The van der Waals surface area contributed by atoms with Crippen LogP contribution < -0.4 is 0 Å². The van der Waals surface area contributed by atoms with Gasteiger partial charge in [-0.05, 0) is 0 Å². The van der Waals surface area contributed by atoms with Crippen molar-refractivity contribution in [1.29, 1.82) is 0 Å². The van der Waals surface area contributed by atoms with Gasteiger partial charge in [0.05, 0.1) is 6.61 Å². The second-order valence-electron chi connectivity index (χ2n) is 3.35. The Morgan fingerprint density at radius 1 is 1.11 bits per heavy atom. The van der Waals surface area contributed by atoms with Crippen LogP contribution >= 0.6 is 15.6 Å². The summed E-state index contributed by atoms with van der Waals surface area (Å²) in [6, 6.07) is 0. The topological polar surface area (TPSA) is 183 Å². The summed E-state index contributed by atoms with van der Waals surface area (Å²) in [5.74, 6) is 0. The van der Waals surface area contributed by atoms with Crippen LogP contribution in [-0.4, -0.2) is 61.2 Å². The van der Waals surface area contributed by atoms with Crippen LogP contribution in [0, 0.1) is 0 Å². The first-order chi connectivity index (χ1) is 8.06. The van der Waals surface area contributed by atoms with Gasteiger partial charge in [-0.2, -0.15) is 4.31 Å². The van der Waals surface area contributed by atoms with E-state index in [1.807, 2.05) is 0 Å². The Kier molecular flexibility index (Phi) is 5.04. The molecule has 1 heterocycles. The van der Waals surface area contributed by atoms with Gasteiger partial charge < -0.3 is 34.7 Å². The standard InChI is InChI=1S/C5H12O11P2/c6-1-2-3(7)4(8)5(14-2)15-18(12,13)16-17(9,10)11/h2-8H,1H2,(H,12,13)(H2,9,10,11)/t2-,3-,4+,5?/m1/s1. The van der Waals surface area contributed by atoms with Gasteiger partial charge >= 0.3 is 15.6 Å². The lowest BCUT2D eigenvalue weighted by Crippen LogP contribution is -2.34. The quantitative estimate of drug-likeness (QED) is 0.299. The van der Waals surface area contributed by atoms with Crippen LogP contribution in [0.25, 0.3) is 0 Å². The van der Waals surface area contributed by atoms with E-state index >= 15 is 0 Å². The van der Waals surface area contributed by atoms with Crippen molar-refractivity contribution in [1.82, 2.24) is 0 Å². The Labute approximate surface area is 100 Å². The number of phosphoric ester groups is 1. The summed E-state index contributed by atoms with van der Waals surface area (Å²) in [6.45, 7) is -0.701. The Bertz CT molecular complexity index is 378. The zero-order valence-electron chi connectivity index (χ0n) is 8.64. The Morgan fingerprint density at radius 3 is 2.06 bits per heavy atom. The van der Waals surface area contributed by atoms with Gasteiger partial charge in [0.15, 0.2) is 6.29 Å². The molecular formula is C5H12O11P2. The summed E-state index contributed by atoms with van der Waals surface area (Å²) in [7, 11) is -10.5. The first-order valence-corrected chi connectivity index (χ1v) is 7.49. The first kappa shape index (κ1) is 16.2. The molecule has 11 nitrogen and oxygen atoms in total. The molecule has 0 bridgehead atoms. The zero-order chi connectivity index (χ0) is 14.1. The highest BCUT2D eigenvalue weighted by Gasteiger charge is 2.47. The fourth-order valence-electron chi connectivity index (χ4n) is 1.24. The van der Waals surface area contributed by atoms with Crippen molar-refractivity contribution in [2.45, 2.75) is 24.6 Å². The van der Waals surface area contributed by atoms with E-state index in [1.165, 1.54) is 0 Å². The van der Waals surface area contributed by atoms with Crippen molar-refractivity contribution >= 4 is 15.6 Å². The number of hydrogen-bond acceptors (Lipinski definition) is 8. The number of ether oxygens (including phenoxy) is 1. The van der Waals surface area contributed by atoms with Gasteiger partial charge in [0.25, 0.3) is 0 Å². The highest BCUT2D eigenvalue weighted by Crippen LogP contribution is 2.58. The molecule has 1 fully saturated rings. The van der Waals surface area contributed by atoms with Crippen molar-refractivity contribution in [3.8, 4) is 0 Å². The molecule has 0 aliphatic carbocycles. The molecule has 108 valence electrons. The van der Waals surface area contributed by atoms with Gasteiger partial charge in [-0.1, -0.05) is 0 Å². The smallest absolute Gasteiger partial charge is 0.394 e. The minimum absolute atomic E-state index is 0.701. The molecule has 1 saturated heterocycles. The molecule has 0 aromatic rings. The van der Waals surface area contributed by atoms with E-state index in [0.717, 1.165) is 0 Å². The normalized spacial score (nSPS) is 36.6. The third-order valence-corrected chi connectivity index (χ3v) is 4.10. The summed E-state index contributed by atoms with van der Waals surface area (Å²) in [5.41, 5.74) is 0. The molecular weight excluding hydrogens is 298 g/mol. The van der Waals surface area contributed by atoms with Gasteiger partial charge in [0.2, 0.25) is 0 Å². The predicted octanol–water partition coefficient (Wildman–Crippen LogP) is -2.35. The van der Waals surface area contributed by atoms with Crippen molar-refractivity contribution in [2.75, 3.05) is 6.61 Å². The van der Waals surface area contributed by atoms with Crippen LogP contribution in [0.5, 0.6) is 0 Å². The summed E-state index contributed by atoms with van der Waals surface area (Å²) < 4.78 is 33.7. The van der Waals surface area contributed by atoms with Gasteiger partial charge in [0, 0.05) is 0 Å². The average molecular weight is 310 g/mol. The Balaban J connectivity index is 2.68. The molecule has 0 spiro atoms. The third-order valence-electron chi connectivity index (χ3n) is 1.95. The number of rotatable bonds is 5. The van der Waals surface area contributed by atoms with E-state index in [2.05, 4.69) is 13.6 Å². The lowest BCUT2D eigenvalue weighted by atomic mass is 10.1. The number of aliphatic hydroxyl groups excluding tert-OH is 3. The summed E-state index contributed by atoms with van der Waals surface area (Å²) in [5, 5.41) is 27.3. The van der Waals surface area contributed by atoms with Gasteiger partial charge in [-0.15, -0.1) is 0 Å². The molecule has 18 heavy (non-hydrogen) atoms. The van der Waals surface area contributed by atoms with Crippen LogP contribution in [0.1, 0.15) is 0 Å². The Hall–Kier alpha value is 0.1000. The summed E-state index contributed by atoms with van der Waals surface area (Å²) in [4.78, 5) is 25.6. The van der Waals surface area contributed by atoms with Crippen LogP contribution in [0.3, 0.4) is 0 Å². The van der Waals surface area contributed by atoms with E-state index in [-0.39, 0.29) is 0 Å². The zero-order valence-corrected chi connectivity index (χ0v) is 10.4. The van der Waals surface area contributed by atoms with Crippen LogP contribution in [-0.2, 0) is 22.7 Å². The highest BCUT2D eigenvalue weighted by atomic mass is 31.3. The molecule has 5 atom stereocenters. The van der Waals surface area contributed by atoms with E-state index in [1.54, 1.807) is 0 Å². The number of hydrogen-bond donors (Lipinski definition) is 6. The molecule has 6 N–H and O–H groups in total. The maximum Gasteiger partial charge on any atom is 0.483 e. The molecule has 0 aromatic carbocycles. The minimum atomic E-state index is -5.29. The molecule has 13 heteroatoms. The van der Waals surface area contributed by atoms with Crippen molar-refractivity contribution in [3.05, 3.63) is 0 Å². The molecule has 0 saturated carbocycles. The van der Waals surface area contributed by atoms with Crippen LogP contribution in [0.4, 0.5) is 0 Å². The SMILES string of the molecule is O=P(O)(O)OP(=O)(O)OC1O[C@H](CO)[C@@H](O)[C@@H]1O. The minimum Gasteiger partial charge on any atom is -0.394 e. The fourth-order valence-corrected chi connectivity index (χ4v) is 2.90. The number of aliphatic hydroxyl groups is 3. The molecule has 0 amide bonds. The maximum atomic E-state index is 11.1. The Morgan fingerprint density at radius 2 is 1.67 bits per heavy atom. The lowest BCUT2D eigenvalue weighted by molar-refractivity contribution is -0.125.